The minimum absolute atomic E-state index is 0.163. The number of hydrogen-bond donors (Lipinski definition) is 1. The van der Waals surface area contributed by atoms with E-state index in [4.69, 9.17) is 4.74 Å². The number of benzene rings is 1. The summed E-state index contributed by atoms with van der Waals surface area (Å²) in [4.78, 5) is 27.8. The minimum atomic E-state index is -0.461. The SMILES string of the molecule is CCOC(=O)c1[nH]c2c(c1C)C(=O)C(=Cc1ccccc1F)CC2. The van der Waals surface area contributed by atoms with Gasteiger partial charge < -0.3 is 9.72 Å². The van der Waals surface area contributed by atoms with Crippen molar-refractivity contribution < 1.29 is 18.7 Å². The fourth-order valence-electron chi connectivity index (χ4n) is 3.01. The first kappa shape index (κ1) is 16.2. The number of carbonyl (C=O) groups is 2. The molecular weight excluding hydrogens is 309 g/mol. The van der Waals surface area contributed by atoms with Crippen LogP contribution in [-0.2, 0) is 11.2 Å². The summed E-state index contributed by atoms with van der Waals surface area (Å²) in [5.74, 6) is -0.984. The second-order valence-corrected chi connectivity index (χ2v) is 5.72. The third kappa shape index (κ3) is 2.77. The zero-order valence-corrected chi connectivity index (χ0v) is 13.6. The number of esters is 1. The van der Waals surface area contributed by atoms with Gasteiger partial charge in [-0.15, -0.1) is 0 Å². The molecule has 0 radical (unpaired) electrons. The van der Waals surface area contributed by atoms with Crippen molar-refractivity contribution in [2.75, 3.05) is 6.61 Å². The van der Waals surface area contributed by atoms with E-state index < -0.39 is 5.97 Å². The van der Waals surface area contributed by atoms with Crippen molar-refractivity contribution in [2.24, 2.45) is 0 Å². The van der Waals surface area contributed by atoms with Crippen LogP contribution in [0, 0.1) is 12.7 Å². The van der Waals surface area contributed by atoms with Crippen LogP contribution >= 0.6 is 0 Å². The lowest BCUT2D eigenvalue weighted by Gasteiger charge is -2.14. The average Bonchev–Trinajstić information content (AvgIpc) is 2.90. The number of aromatic amines is 1. The lowest BCUT2D eigenvalue weighted by molar-refractivity contribution is 0.0519. The Kier molecular flexibility index (Phi) is 4.34. The fourth-order valence-corrected chi connectivity index (χ4v) is 3.01. The number of aromatic nitrogens is 1. The number of ketones is 1. The Bertz CT molecular complexity index is 848. The molecule has 0 unspecified atom stereocenters. The van der Waals surface area contributed by atoms with Crippen molar-refractivity contribution in [3.05, 3.63) is 63.7 Å². The quantitative estimate of drug-likeness (QED) is 0.688. The van der Waals surface area contributed by atoms with Gasteiger partial charge in [-0.25, -0.2) is 9.18 Å². The Hall–Kier alpha value is -2.69. The van der Waals surface area contributed by atoms with E-state index in [-0.39, 0.29) is 18.2 Å². The van der Waals surface area contributed by atoms with Gasteiger partial charge in [0.15, 0.2) is 5.78 Å². The summed E-state index contributed by atoms with van der Waals surface area (Å²) in [6.07, 6.45) is 2.70. The van der Waals surface area contributed by atoms with E-state index in [1.165, 1.54) is 6.07 Å². The van der Waals surface area contributed by atoms with Crippen molar-refractivity contribution in [3.8, 4) is 0 Å². The molecule has 0 fully saturated rings. The smallest absolute Gasteiger partial charge is 0.355 e. The van der Waals surface area contributed by atoms with Gasteiger partial charge >= 0.3 is 5.97 Å². The van der Waals surface area contributed by atoms with Crippen molar-refractivity contribution in [1.29, 1.82) is 0 Å². The highest BCUT2D eigenvalue weighted by molar-refractivity contribution is 6.15. The van der Waals surface area contributed by atoms with E-state index in [0.717, 1.165) is 5.69 Å². The molecule has 1 aromatic carbocycles. The summed E-state index contributed by atoms with van der Waals surface area (Å²) < 4.78 is 18.8. The normalized spacial score (nSPS) is 15.5. The zero-order chi connectivity index (χ0) is 17.3. The standard InChI is InChI=1S/C19H18FNO3/c1-3-24-19(23)17-11(2)16-15(21-17)9-8-13(18(16)22)10-12-6-4-5-7-14(12)20/h4-7,10,21H,3,8-9H2,1-2H3. The average molecular weight is 327 g/mol. The topological polar surface area (TPSA) is 59.2 Å². The van der Waals surface area contributed by atoms with Gasteiger partial charge in [0.25, 0.3) is 0 Å². The maximum Gasteiger partial charge on any atom is 0.355 e. The maximum atomic E-state index is 13.8. The highest BCUT2D eigenvalue weighted by Crippen LogP contribution is 2.31. The number of aryl methyl sites for hydroxylation is 1. The molecule has 124 valence electrons. The first-order valence-corrected chi connectivity index (χ1v) is 7.91. The van der Waals surface area contributed by atoms with Crippen LogP contribution in [0.15, 0.2) is 29.8 Å². The highest BCUT2D eigenvalue weighted by atomic mass is 19.1. The Balaban J connectivity index is 1.99. The van der Waals surface area contributed by atoms with Gasteiger partial charge in [-0.05, 0) is 44.4 Å². The Labute approximate surface area is 139 Å². The summed E-state index contributed by atoms with van der Waals surface area (Å²) in [6.45, 7) is 3.73. The summed E-state index contributed by atoms with van der Waals surface area (Å²) in [5, 5.41) is 0. The Morgan fingerprint density at radius 3 is 2.79 bits per heavy atom. The van der Waals surface area contributed by atoms with E-state index in [2.05, 4.69) is 4.98 Å². The molecule has 24 heavy (non-hydrogen) atoms. The summed E-state index contributed by atoms with van der Waals surface area (Å²) in [7, 11) is 0. The van der Waals surface area contributed by atoms with Crippen LogP contribution in [0.1, 0.15) is 51.0 Å². The van der Waals surface area contributed by atoms with Crippen molar-refractivity contribution >= 4 is 17.8 Å². The molecule has 1 N–H and O–H groups in total. The van der Waals surface area contributed by atoms with Crippen molar-refractivity contribution in [2.45, 2.75) is 26.7 Å². The molecule has 4 nitrogen and oxygen atoms in total. The molecule has 1 heterocycles. The van der Waals surface area contributed by atoms with Crippen LogP contribution in [0.25, 0.3) is 6.08 Å². The monoisotopic (exact) mass is 327 g/mol. The van der Waals surface area contributed by atoms with Gasteiger partial charge in [0.05, 0.1) is 6.61 Å². The van der Waals surface area contributed by atoms with Crippen LogP contribution in [0.4, 0.5) is 4.39 Å². The maximum absolute atomic E-state index is 13.8. The lowest BCUT2D eigenvalue weighted by Crippen LogP contribution is -2.14. The molecule has 2 aromatic rings. The Morgan fingerprint density at radius 1 is 1.33 bits per heavy atom. The molecule has 0 aliphatic heterocycles. The summed E-state index contributed by atoms with van der Waals surface area (Å²) in [6, 6.07) is 6.35. The van der Waals surface area contributed by atoms with E-state index in [1.807, 2.05) is 0 Å². The largest absolute Gasteiger partial charge is 0.461 e. The zero-order valence-electron chi connectivity index (χ0n) is 13.6. The number of carbonyl (C=O) groups excluding carboxylic acids is 2. The lowest BCUT2D eigenvalue weighted by atomic mass is 9.88. The molecule has 0 saturated heterocycles. The number of allylic oxidation sites excluding steroid dienone is 1. The second-order valence-electron chi connectivity index (χ2n) is 5.72. The number of ether oxygens (including phenoxy) is 1. The summed E-state index contributed by atoms with van der Waals surface area (Å²) in [5.41, 5.74) is 3.10. The van der Waals surface area contributed by atoms with Gasteiger partial charge in [-0.3, -0.25) is 4.79 Å². The van der Waals surface area contributed by atoms with Gasteiger partial charge in [-0.1, -0.05) is 18.2 Å². The number of Topliss-reactive ketones (excluding diaryl/α,β-unsaturated/α-hetero) is 1. The number of halogens is 1. The van der Waals surface area contributed by atoms with E-state index in [9.17, 15) is 14.0 Å². The first-order valence-electron chi connectivity index (χ1n) is 7.91. The van der Waals surface area contributed by atoms with Crippen molar-refractivity contribution in [1.82, 2.24) is 4.98 Å². The first-order chi connectivity index (χ1) is 11.5. The number of H-pyrrole nitrogens is 1. The number of fused-ring (bicyclic) bond motifs is 1. The number of hydrogen-bond acceptors (Lipinski definition) is 3. The van der Waals surface area contributed by atoms with Crippen LogP contribution < -0.4 is 0 Å². The third-order valence-electron chi connectivity index (χ3n) is 4.21. The number of rotatable bonds is 3. The number of nitrogens with one attached hydrogen (secondary N) is 1. The predicted octanol–water partition coefficient (Wildman–Crippen LogP) is 3.85. The van der Waals surface area contributed by atoms with Crippen LogP contribution in [0.5, 0.6) is 0 Å². The molecule has 0 atom stereocenters. The molecule has 5 heteroatoms. The Morgan fingerprint density at radius 2 is 2.08 bits per heavy atom. The summed E-state index contributed by atoms with van der Waals surface area (Å²) >= 11 is 0. The molecule has 0 amide bonds. The highest BCUT2D eigenvalue weighted by Gasteiger charge is 2.29. The molecule has 0 saturated carbocycles. The van der Waals surface area contributed by atoms with Gasteiger partial charge in [-0.2, -0.15) is 0 Å². The van der Waals surface area contributed by atoms with Gasteiger partial charge in [0, 0.05) is 22.4 Å². The van der Waals surface area contributed by atoms with Crippen LogP contribution in [0.2, 0.25) is 0 Å². The van der Waals surface area contributed by atoms with Gasteiger partial charge in [0.2, 0.25) is 0 Å². The van der Waals surface area contributed by atoms with Gasteiger partial charge in [0.1, 0.15) is 11.5 Å². The van der Waals surface area contributed by atoms with E-state index in [1.54, 1.807) is 38.1 Å². The molecule has 1 aliphatic rings. The molecular formula is C19H18FNO3. The van der Waals surface area contributed by atoms with E-state index >= 15 is 0 Å². The molecule has 3 rings (SSSR count). The van der Waals surface area contributed by atoms with E-state index in [0.29, 0.717) is 40.8 Å². The van der Waals surface area contributed by atoms with Crippen LogP contribution in [-0.4, -0.2) is 23.3 Å². The van der Waals surface area contributed by atoms with Crippen molar-refractivity contribution in [3.63, 3.8) is 0 Å². The fraction of sp³-hybridized carbons (Fsp3) is 0.263. The predicted molar refractivity (Wildman–Crippen MR) is 88.5 cm³/mol. The molecule has 0 spiro atoms. The molecule has 0 bridgehead atoms. The molecule has 1 aliphatic carbocycles. The molecule has 1 aromatic heterocycles. The minimum Gasteiger partial charge on any atom is -0.461 e. The second kappa shape index (κ2) is 6.43. The van der Waals surface area contributed by atoms with Crippen LogP contribution in [0.3, 0.4) is 0 Å². The third-order valence-corrected chi connectivity index (χ3v) is 4.21.